The lowest BCUT2D eigenvalue weighted by molar-refractivity contribution is -0.385. The first-order valence-corrected chi connectivity index (χ1v) is 7.99. The normalized spacial score (nSPS) is 14.2. The molecule has 1 saturated heterocycles. The number of benzene rings is 1. The third-order valence-corrected chi connectivity index (χ3v) is 3.82. The molecule has 0 aliphatic carbocycles. The molecule has 2 amide bonds. The van der Waals surface area contributed by atoms with E-state index in [9.17, 15) is 19.7 Å². The molecule has 0 unspecified atom stereocenters. The lowest BCUT2D eigenvalue weighted by atomic mass is 10.2. The van der Waals surface area contributed by atoms with Gasteiger partial charge in [-0.1, -0.05) is 6.07 Å². The lowest BCUT2D eigenvalue weighted by Gasteiger charge is -2.33. The van der Waals surface area contributed by atoms with E-state index >= 15 is 0 Å². The Hall–Kier alpha value is -2.84. The first kappa shape index (κ1) is 18.5. The number of ether oxygens (including phenoxy) is 2. The Morgan fingerprint density at radius 3 is 2.44 bits per heavy atom. The van der Waals surface area contributed by atoms with Gasteiger partial charge < -0.3 is 19.3 Å². The first-order chi connectivity index (χ1) is 11.9. The van der Waals surface area contributed by atoms with Crippen LogP contribution in [0.3, 0.4) is 0 Å². The maximum Gasteiger partial charge on any atom is 0.409 e. The van der Waals surface area contributed by atoms with Crippen molar-refractivity contribution in [1.82, 2.24) is 9.80 Å². The maximum absolute atomic E-state index is 12.2. The minimum Gasteiger partial charge on any atom is -0.477 e. The number of nitrogens with zero attached hydrogens (tertiary/aromatic N) is 3. The smallest absolute Gasteiger partial charge is 0.409 e. The van der Waals surface area contributed by atoms with Crippen LogP contribution in [0.5, 0.6) is 5.75 Å². The van der Waals surface area contributed by atoms with Gasteiger partial charge in [0.15, 0.2) is 12.4 Å². The topological polar surface area (TPSA) is 102 Å². The fourth-order valence-electron chi connectivity index (χ4n) is 2.48. The van der Waals surface area contributed by atoms with E-state index in [1.165, 1.54) is 12.1 Å². The molecule has 2 rings (SSSR count). The number of piperazine rings is 1. The predicted molar refractivity (Wildman–Crippen MR) is 88.5 cm³/mol. The second-order valence-corrected chi connectivity index (χ2v) is 5.58. The highest BCUT2D eigenvalue weighted by Gasteiger charge is 2.25. The van der Waals surface area contributed by atoms with Crippen LogP contribution < -0.4 is 4.74 Å². The predicted octanol–water partition coefficient (Wildman–Crippen LogP) is 1.58. The number of carbonyl (C=O) groups excluding carboxylic acids is 2. The number of hydrogen-bond donors (Lipinski definition) is 0. The molecule has 0 spiro atoms. The summed E-state index contributed by atoms with van der Waals surface area (Å²) in [6.07, 6.45) is -0.388. The van der Waals surface area contributed by atoms with E-state index in [-0.39, 0.29) is 30.0 Å². The number of nitro groups is 1. The Bertz CT molecular complexity index is 655. The number of carbonyl (C=O) groups is 2. The van der Waals surface area contributed by atoms with Gasteiger partial charge >= 0.3 is 11.8 Å². The van der Waals surface area contributed by atoms with Gasteiger partial charge in [-0.25, -0.2) is 4.79 Å². The van der Waals surface area contributed by atoms with Crippen molar-refractivity contribution in [3.8, 4) is 5.75 Å². The van der Waals surface area contributed by atoms with E-state index in [1.54, 1.807) is 29.7 Å². The van der Waals surface area contributed by atoms with Gasteiger partial charge in [0.05, 0.1) is 11.5 Å². The van der Waals surface area contributed by atoms with E-state index in [4.69, 9.17) is 9.47 Å². The molecule has 1 aromatic rings. The van der Waals surface area contributed by atoms with Gasteiger partial charge in [-0.3, -0.25) is 14.9 Å². The summed E-state index contributed by atoms with van der Waals surface area (Å²) in [5.74, 6) is -0.215. The molecule has 1 heterocycles. The van der Waals surface area contributed by atoms with Crippen LogP contribution >= 0.6 is 0 Å². The maximum atomic E-state index is 12.2. The summed E-state index contributed by atoms with van der Waals surface area (Å²) in [5.41, 5.74) is 0.570. The summed E-state index contributed by atoms with van der Waals surface area (Å²) < 4.78 is 10.3. The molecule has 1 aliphatic rings. The summed E-state index contributed by atoms with van der Waals surface area (Å²) in [6.45, 7) is 5.01. The number of amides is 2. The number of rotatable bonds is 5. The molecular weight excluding hydrogens is 330 g/mol. The van der Waals surface area contributed by atoms with Gasteiger partial charge in [-0.2, -0.15) is 0 Å². The molecule has 0 saturated carbocycles. The van der Waals surface area contributed by atoms with Crippen LogP contribution in [0.2, 0.25) is 0 Å². The summed E-state index contributed by atoms with van der Waals surface area (Å²) >= 11 is 0. The molecular formula is C16H21N3O6. The van der Waals surface area contributed by atoms with Crippen molar-refractivity contribution >= 4 is 17.7 Å². The Balaban J connectivity index is 1.88. The Labute approximate surface area is 145 Å². The van der Waals surface area contributed by atoms with Crippen molar-refractivity contribution < 1.29 is 24.0 Å². The summed E-state index contributed by atoms with van der Waals surface area (Å²) in [4.78, 5) is 37.5. The van der Waals surface area contributed by atoms with Crippen molar-refractivity contribution in [2.75, 3.05) is 39.4 Å². The van der Waals surface area contributed by atoms with E-state index in [2.05, 4.69) is 0 Å². The number of hydrogen-bond acceptors (Lipinski definition) is 6. The highest BCUT2D eigenvalue weighted by atomic mass is 16.6. The lowest BCUT2D eigenvalue weighted by Crippen LogP contribution is -2.51. The molecule has 1 fully saturated rings. The van der Waals surface area contributed by atoms with E-state index in [1.807, 2.05) is 0 Å². The van der Waals surface area contributed by atoms with Crippen LogP contribution in [0.25, 0.3) is 0 Å². The summed E-state index contributed by atoms with van der Waals surface area (Å²) in [5, 5.41) is 11.1. The van der Waals surface area contributed by atoms with E-state index in [0.717, 1.165) is 5.56 Å². The third kappa shape index (κ3) is 4.82. The Morgan fingerprint density at radius 2 is 1.84 bits per heavy atom. The van der Waals surface area contributed by atoms with Gasteiger partial charge in [-0.05, 0) is 25.5 Å². The number of aryl methyl sites for hydroxylation is 1. The van der Waals surface area contributed by atoms with E-state index < -0.39 is 4.92 Å². The Kier molecular flexibility index (Phi) is 6.15. The van der Waals surface area contributed by atoms with Crippen LogP contribution in [0.1, 0.15) is 12.5 Å². The molecule has 0 radical (unpaired) electrons. The van der Waals surface area contributed by atoms with Crippen LogP contribution in [0.15, 0.2) is 18.2 Å². The van der Waals surface area contributed by atoms with Crippen molar-refractivity contribution in [3.05, 3.63) is 33.9 Å². The van der Waals surface area contributed by atoms with Gasteiger partial charge in [0, 0.05) is 32.2 Å². The quantitative estimate of drug-likeness (QED) is 0.589. The zero-order valence-corrected chi connectivity index (χ0v) is 14.3. The molecule has 1 aromatic carbocycles. The second kappa shape index (κ2) is 8.32. The summed E-state index contributed by atoms with van der Waals surface area (Å²) in [7, 11) is 0. The molecule has 0 atom stereocenters. The molecule has 9 nitrogen and oxygen atoms in total. The van der Waals surface area contributed by atoms with Gasteiger partial charge in [0.1, 0.15) is 0 Å². The fraction of sp³-hybridized carbons (Fsp3) is 0.500. The highest BCUT2D eigenvalue weighted by molar-refractivity contribution is 5.78. The Morgan fingerprint density at radius 1 is 1.20 bits per heavy atom. The molecule has 0 N–H and O–H groups in total. The number of nitro benzene ring substituents is 1. The van der Waals surface area contributed by atoms with Crippen molar-refractivity contribution in [2.24, 2.45) is 0 Å². The van der Waals surface area contributed by atoms with Gasteiger partial charge in [0.2, 0.25) is 0 Å². The van der Waals surface area contributed by atoms with E-state index in [0.29, 0.717) is 32.8 Å². The highest BCUT2D eigenvalue weighted by Crippen LogP contribution is 2.27. The minimum absolute atomic E-state index is 0.0640. The monoisotopic (exact) mass is 351 g/mol. The van der Waals surface area contributed by atoms with Gasteiger partial charge in [-0.15, -0.1) is 0 Å². The SMILES string of the molecule is CCOC(=O)N1CCN(C(=O)COc2ccc(C)cc2[N+](=O)[O-])CC1. The van der Waals surface area contributed by atoms with Crippen molar-refractivity contribution in [1.29, 1.82) is 0 Å². The van der Waals surface area contributed by atoms with Crippen molar-refractivity contribution in [2.45, 2.75) is 13.8 Å². The van der Waals surface area contributed by atoms with Crippen LogP contribution in [0, 0.1) is 17.0 Å². The van der Waals surface area contributed by atoms with Crippen LogP contribution in [-0.4, -0.2) is 66.1 Å². The largest absolute Gasteiger partial charge is 0.477 e. The van der Waals surface area contributed by atoms with Gasteiger partial charge in [0.25, 0.3) is 5.91 Å². The van der Waals surface area contributed by atoms with Crippen LogP contribution in [0.4, 0.5) is 10.5 Å². The molecule has 1 aliphatic heterocycles. The average Bonchev–Trinajstić information content (AvgIpc) is 2.60. The average molecular weight is 351 g/mol. The zero-order chi connectivity index (χ0) is 18.4. The minimum atomic E-state index is -0.537. The molecule has 25 heavy (non-hydrogen) atoms. The third-order valence-electron chi connectivity index (χ3n) is 3.82. The fourth-order valence-corrected chi connectivity index (χ4v) is 2.48. The zero-order valence-electron chi connectivity index (χ0n) is 14.3. The standard InChI is InChI=1S/C16H21N3O6/c1-3-24-16(21)18-8-6-17(7-9-18)15(20)11-25-14-5-4-12(2)10-13(14)19(22)23/h4-5,10H,3,6-9,11H2,1-2H3. The molecule has 9 heteroatoms. The van der Waals surface area contributed by atoms with Crippen LogP contribution in [-0.2, 0) is 9.53 Å². The molecule has 136 valence electrons. The molecule has 0 bridgehead atoms. The molecule has 0 aromatic heterocycles. The second-order valence-electron chi connectivity index (χ2n) is 5.58. The first-order valence-electron chi connectivity index (χ1n) is 7.99. The van der Waals surface area contributed by atoms with Crippen molar-refractivity contribution in [3.63, 3.8) is 0 Å². The summed E-state index contributed by atoms with van der Waals surface area (Å²) in [6, 6.07) is 4.57.